The first-order valence-electron chi connectivity index (χ1n) is 7.75. The fourth-order valence-electron chi connectivity index (χ4n) is 3.58. The number of nitrogens with zero attached hydrogens (tertiary/aromatic N) is 1. The zero-order valence-electron chi connectivity index (χ0n) is 12.1. The van der Waals surface area contributed by atoms with Crippen LogP contribution in [0.3, 0.4) is 0 Å². The van der Waals surface area contributed by atoms with E-state index in [9.17, 15) is 4.79 Å². The van der Waals surface area contributed by atoms with Gasteiger partial charge < -0.3 is 4.90 Å². The minimum atomic E-state index is 0.0189. The zero-order chi connectivity index (χ0) is 13.1. The van der Waals surface area contributed by atoms with Crippen molar-refractivity contribution >= 4 is 5.91 Å². The van der Waals surface area contributed by atoms with E-state index >= 15 is 0 Å². The van der Waals surface area contributed by atoms with E-state index in [4.69, 9.17) is 0 Å². The van der Waals surface area contributed by atoms with Gasteiger partial charge in [0.2, 0.25) is 5.91 Å². The van der Waals surface area contributed by atoms with Gasteiger partial charge in [0.05, 0.1) is 12.2 Å². The van der Waals surface area contributed by atoms with E-state index in [2.05, 4.69) is 24.1 Å². The van der Waals surface area contributed by atoms with Crippen LogP contribution in [0.25, 0.3) is 0 Å². The van der Waals surface area contributed by atoms with Crippen LogP contribution in [0.5, 0.6) is 0 Å². The second-order valence-electron chi connectivity index (χ2n) is 6.02. The van der Waals surface area contributed by atoms with Crippen molar-refractivity contribution in [3.8, 4) is 0 Å². The molecule has 1 aliphatic heterocycles. The molecule has 0 radical (unpaired) electrons. The van der Waals surface area contributed by atoms with E-state index in [0.717, 1.165) is 18.8 Å². The molecule has 18 heavy (non-hydrogen) atoms. The second kappa shape index (κ2) is 6.05. The van der Waals surface area contributed by atoms with Crippen LogP contribution < -0.4 is 5.32 Å². The van der Waals surface area contributed by atoms with Gasteiger partial charge >= 0.3 is 0 Å². The number of rotatable bonds is 4. The van der Waals surface area contributed by atoms with Crippen LogP contribution in [-0.2, 0) is 4.79 Å². The first-order chi connectivity index (χ1) is 8.67. The summed E-state index contributed by atoms with van der Waals surface area (Å²) in [6.07, 6.45) is 8.84. The average molecular weight is 252 g/mol. The molecule has 2 rings (SSSR count). The maximum absolute atomic E-state index is 12.3. The lowest BCUT2D eigenvalue weighted by Gasteiger charge is -2.37. The van der Waals surface area contributed by atoms with Crippen LogP contribution in [0.2, 0.25) is 0 Å². The maximum atomic E-state index is 12.3. The summed E-state index contributed by atoms with van der Waals surface area (Å²) in [6.45, 7) is 6.49. The molecule has 3 nitrogen and oxygen atoms in total. The highest BCUT2D eigenvalue weighted by Crippen LogP contribution is 2.32. The molecule has 2 unspecified atom stereocenters. The van der Waals surface area contributed by atoms with Crippen molar-refractivity contribution in [1.82, 2.24) is 10.2 Å². The normalized spacial score (nSPS) is 37.3. The van der Waals surface area contributed by atoms with E-state index in [-0.39, 0.29) is 6.04 Å². The highest BCUT2D eigenvalue weighted by molar-refractivity contribution is 5.84. The molecular weight excluding hydrogens is 224 g/mol. The number of carbonyl (C=O) groups is 1. The lowest BCUT2D eigenvalue weighted by molar-refractivity contribution is -0.133. The van der Waals surface area contributed by atoms with Gasteiger partial charge in [0, 0.05) is 6.04 Å². The fraction of sp³-hybridized carbons (Fsp3) is 0.933. The highest BCUT2D eigenvalue weighted by atomic mass is 16.2. The summed E-state index contributed by atoms with van der Waals surface area (Å²) in [5.41, 5.74) is 0. The Kier molecular flexibility index (Phi) is 4.66. The Balaban J connectivity index is 1.99. The quantitative estimate of drug-likeness (QED) is 0.834. The van der Waals surface area contributed by atoms with Crippen LogP contribution >= 0.6 is 0 Å². The predicted octanol–water partition coefficient (Wildman–Crippen LogP) is 2.90. The minimum absolute atomic E-state index is 0.0189. The molecule has 2 aliphatic rings. The molecule has 3 heteroatoms. The molecule has 2 atom stereocenters. The number of carbonyl (C=O) groups excluding carboxylic acids is 1. The molecule has 1 aliphatic carbocycles. The van der Waals surface area contributed by atoms with Crippen molar-refractivity contribution < 1.29 is 4.79 Å². The molecule has 0 aromatic rings. The third-order valence-corrected chi connectivity index (χ3v) is 4.75. The summed E-state index contributed by atoms with van der Waals surface area (Å²) in [4.78, 5) is 14.5. The van der Waals surface area contributed by atoms with E-state index in [1.807, 2.05) is 6.92 Å². The SMILES string of the molecule is CCCC1NC(C)C(=O)N1C1CCC(CC)CC1. The summed E-state index contributed by atoms with van der Waals surface area (Å²) < 4.78 is 0. The molecule has 104 valence electrons. The Hall–Kier alpha value is -0.570. The summed E-state index contributed by atoms with van der Waals surface area (Å²) in [6, 6.07) is 0.514. The van der Waals surface area contributed by atoms with Crippen molar-refractivity contribution in [1.29, 1.82) is 0 Å². The molecule has 2 fully saturated rings. The largest absolute Gasteiger partial charge is 0.323 e. The first-order valence-corrected chi connectivity index (χ1v) is 7.75. The standard InChI is InChI=1S/C15H28N2O/c1-4-6-14-16-11(3)15(18)17(14)13-9-7-12(5-2)8-10-13/h11-14,16H,4-10H2,1-3H3. The van der Waals surface area contributed by atoms with Crippen molar-refractivity contribution in [2.75, 3.05) is 0 Å². The minimum Gasteiger partial charge on any atom is -0.323 e. The molecule has 0 aromatic heterocycles. The fourth-order valence-corrected chi connectivity index (χ4v) is 3.58. The Labute approximate surface area is 111 Å². The van der Waals surface area contributed by atoms with Crippen LogP contribution in [0, 0.1) is 5.92 Å². The van der Waals surface area contributed by atoms with Gasteiger partial charge in [-0.05, 0) is 44.9 Å². The van der Waals surface area contributed by atoms with Gasteiger partial charge in [-0.25, -0.2) is 0 Å². The first kappa shape index (κ1) is 13.9. The molecule has 1 saturated heterocycles. The molecule has 0 spiro atoms. The lowest BCUT2D eigenvalue weighted by Crippen LogP contribution is -2.46. The van der Waals surface area contributed by atoms with Gasteiger partial charge in [0.1, 0.15) is 0 Å². The molecule has 1 heterocycles. The van der Waals surface area contributed by atoms with Crippen LogP contribution in [0.4, 0.5) is 0 Å². The smallest absolute Gasteiger partial charge is 0.240 e. The molecule has 1 amide bonds. The molecule has 1 N–H and O–H groups in total. The van der Waals surface area contributed by atoms with E-state index in [1.54, 1.807) is 0 Å². The second-order valence-corrected chi connectivity index (χ2v) is 6.02. The molecule has 0 aromatic carbocycles. The number of hydrogen-bond acceptors (Lipinski definition) is 2. The molecular formula is C15H28N2O. The summed E-state index contributed by atoms with van der Waals surface area (Å²) >= 11 is 0. The predicted molar refractivity (Wildman–Crippen MR) is 74.2 cm³/mol. The third kappa shape index (κ3) is 2.71. The van der Waals surface area contributed by atoms with Gasteiger partial charge in [0.15, 0.2) is 0 Å². The lowest BCUT2D eigenvalue weighted by atomic mass is 9.83. The number of hydrogen-bond donors (Lipinski definition) is 1. The Morgan fingerprint density at radius 2 is 1.89 bits per heavy atom. The topological polar surface area (TPSA) is 32.3 Å². The highest BCUT2D eigenvalue weighted by Gasteiger charge is 2.40. The Morgan fingerprint density at radius 1 is 1.22 bits per heavy atom. The van der Waals surface area contributed by atoms with Crippen molar-refractivity contribution in [3.63, 3.8) is 0 Å². The number of amides is 1. The van der Waals surface area contributed by atoms with Gasteiger partial charge in [-0.2, -0.15) is 0 Å². The number of nitrogens with one attached hydrogen (secondary N) is 1. The summed E-state index contributed by atoms with van der Waals surface area (Å²) in [7, 11) is 0. The average Bonchev–Trinajstić information content (AvgIpc) is 2.66. The van der Waals surface area contributed by atoms with Gasteiger partial charge in [0.25, 0.3) is 0 Å². The van der Waals surface area contributed by atoms with Crippen molar-refractivity contribution in [2.45, 2.75) is 84.0 Å². The van der Waals surface area contributed by atoms with E-state index < -0.39 is 0 Å². The van der Waals surface area contributed by atoms with E-state index in [1.165, 1.54) is 32.1 Å². The van der Waals surface area contributed by atoms with Crippen LogP contribution in [0.1, 0.15) is 65.7 Å². The van der Waals surface area contributed by atoms with Crippen LogP contribution in [-0.4, -0.2) is 29.1 Å². The van der Waals surface area contributed by atoms with Gasteiger partial charge in [-0.15, -0.1) is 0 Å². The Bertz CT molecular complexity index is 284. The van der Waals surface area contributed by atoms with Gasteiger partial charge in [-0.1, -0.05) is 26.7 Å². The maximum Gasteiger partial charge on any atom is 0.240 e. The van der Waals surface area contributed by atoms with Crippen molar-refractivity contribution in [3.05, 3.63) is 0 Å². The Morgan fingerprint density at radius 3 is 2.44 bits per heavy atom. The molecule has 1 saturated carbocycles. The van der Waals surface area contributed by atoms with Crippen LogP contribution in [0.15, 0.2) is 0 Å². The van der Waals surface area contributed by atoms with Gasteiger partial charge in [-0.3, -0.25) is 10.1 Å². The zero-order valence-corrected chi connectivity index (χ0v) is 12.1. The monoisotopic (exact) mass is 252 g/mol. The molecule has 0 bridgehead atoms. The summed E-state index contributed by atoms with van der Waals surface area (Å²) in [5.74, 6) is 1.22. The van der Waals surface area contributed by atoms with E-state index in [0.29, 0.717) is 18.1 Å². The third-order valence-electron chi connectivity index (χ3n) is 4.75. The summed E-state index contributed by atoms with van der Waals surface area (Å²) in [5, 5.41) is 3.45. The van der Waals surface area contributed by atoms with Crippen molar-refractivity contribution in [2.24, 2.45) is 5.92 Å².